The number of amides is 2. The van der Waals surface area contributed by atoms with E-state index in [1.807, 2.05) is 5.32 Å². The van der Waals surface area contributed by atoms with Crippen LogP contribution in [0.15, 0.2) is 36.9 Å². The minimum absolute atomic E-state index is 0.0391. The van der Waals surface area contributed by atoms with Gasteiger partial charge in [-0.25, -0.2) is 4.98 Å². The van der Waals surface area contributed by atoms with Gasteiger partial charge in [-0.05, 0) is 12.1 Å². The largest absolute Gasteiger partial charge is 0.423 e. The van der Waals surface area contributed by atoms with Crippen LogP contribution in [0, 0.1) is 5.41 Å². The normalized spacial score (nSPS) is 9.76. The second-order valence-corrected chi connectivity index (χ2v) is 3.90. The number of benzene rings is 1. The molecule has 0 aliphatic heterocycles. The average molecular weight is 285 g/mol. The molecule has 0 bridgehead atoms. The fraction of sp³-hybridized carbons (Fsp3) is 0.0769. The topological polar surface area (TPSA) is 118 Å². The van der Waals surface area contributed by atoms with Gasteiger partial charge in [0.05, 0.1) is 0 Å². The number of para-hydroxylation sites is 1. The van der Waals surface area contributed by atoms with Crippen molar-refractivity contribution in [1.29, 1.82) is 5.41 Å². The molecule has 8 nitrogen and oxygen atoms in total. The van der Waals surface area contributed by atoms with E-state index in [-0.39, 0.29) is 17.3 Å². The number of hydrogen-bond donors (Lipinski definition) is 2. The van der Waals surface area contributed by atoms with Crippen LogP contribution in [0.25, 0.3) is 0 Å². The molecule has 2 rings (SSSR count). The molecule has 0 aliphatic rings. The van der Waals surface area contributed by atoms with Crippen LogP contribution in [0.1, 0.15) is 12.5 Å². The Bertz CT molecular complexity index is 687. The summed E-state index contributed by atoms with van der Waals surface area (Å²) in [5.41, 5.74) is -0.175. The molecular formula is C13H11N5O3. The zero-order chi connectivity index (χ0) is 15.2. The number of aromatic nitrogens is 3. The van der Waals surface area contributed by atoms with Crippen LogP contribution in [0.2, 0.25) is 0 Å². The molecule has 2 N–H and O–H groups in total. The third-order valence-corrected chi connectivity index (χ3v) is 2.34. The highest BCUT2D eigenvalue weighted by Gasteiger charge is 2.18. The molecule has 106 valence electrons. The Morgan fingerprint density at radius 1 is 1.19 bits per heavy atom. The summed E-state index contributed by atoms with van der Waals surface area (Å²) >= 11 is 0. The van der Waals surface area contributed by atoms with Gasteiger partial charge in [0.15, 0.2) is 0 Å². The number of rotatable bonds is 4. The lowest BCUT2D eigenvalue weighted by Crippen LogP contribution is -2.34. The number of carbonyl (C=O) groups is 2. The van der Waals surface area contributed by atoms with Crippen molar-refractivity contribution in [2.24, 2.45) is 0 Å². The van der Waals surface area contributed by atoms with Crippen molar-refractivity contribution in [3.05, 3.63) is 42.5 Å². The van der Waals surface area contributed by atoms with E-state index in [1.54, 1.807) is 18.2 Å². The van der Waals surface area contributed by atoms with E-state index in [4.69, 9.17) is 10.1 Å². The van der Waals surface area contributed by atoms with Crippen LogP contribution in [-0.4, -0.2) is 32.5 Å². The van der Waals surface area contributed by atoms with Crippen LogP contribution in [0.5, 0.6) is 11.8 Å². The standard InChI is InChI=1S/C13H11N5O3/c1-8(19)18-12(20)11(14)9-4-2-3-5-10(9)21-13-16-6-15-7-17-13/h2-7,14H,1H3,(H,18,19,20). The Kier molecular flexibility index (Phi) is 4.30. The fourth-order valence-corrected chi connectivity index (χ4v) is 1.49. The molecule has 1 aromatic heterocycles. The molecule has 0 saturated heterocycles. The first-order valence-electron chi connectivity index (χ1n) is 5.87. The molecule has 0 aliphatic carbocycles. The zero-order valence-corrected chi connectivity index (χ0v) is 11.0. The van der Waals surface area contributed by atoms with Crippen molar-refractivity contribution in [3.8, 4) is 11.8 Å². The van der Waals surface area contributed by atoms with Gasteiger partial charge in [-0.3, -0.25) is 20.3 Å². The van der Waals surface area contributed by atoms with Crippen molar-refractivity contribution >= 4 is 17.5 Å². The lowest BCUT2D eigenvalue weighted by atomic mass is 10.1. The molecule has 2 amide bonds. The second-order valence-electron chi connectivity index (χ2n) is 3.90. The first kappa shape index (κ1) is 14.3. The predicted molar refractivity (Wildman–Crippen MR) is 72.0 cm³/mol. The highest BCUT2D eigenvalue weighted by Crippen LogP contribution is 2.22. The first-order chi connectivity index (χ1) is 10.1. The molecule has 0 radical (unpaired) electrons. The number of nitrogens with zero attached hydrogens (tertiary/aromatic N) is 3. The molecule has 0 unspecified atom stereocenters. The minimum Gasteiger partial charge on any atom is -0.423 e. The van der Waals surface area contributed by atoms with Gasteiger partial charge in [0.1, 0.15) is 24.1 Å². The summed E-state index contributed by atoms with van der Waals surface area (Å²) in [7, 11) is 0. The van der Waals surface area contributed by atoms with Crippen molar-refractivity contribution in [2.45, 2.75) is 6.92 Å². The van der Waals surface area contributed by atoms with E-state index < -0.39 is 17.5 Å². The van der Waals surface area contributed by atoms with E-state index in [0.717, 1.165) is 0 Å². The molecular weight excluding hydrogens is 274 g/mol. The molecule has 0 saturated carbocycles. The van der Waals surface area contributed by atoms with E-state index in [1.165, 1.54) is 25.6 Å². The maximum absolute atomic E-state index is 11.7. The monoisotopic (exact) mass is 285 g/mol. The zero-order valence-electron chi connectivity index (χ0n) is 11.0. The quantitative estimate of drug-likeness (QED) is 0.798. The van der Waals surface area contributed by atoms with Crippen LogP contribution in [0.4, 0.5) is 0 Å². The fourth-order valence-electron chi connectivity index (χ4n) is 1.49. The van der Waals surface area contributed by atoms with Gasteiger partial charge < -0.3 is 4.74 Å². The van der Waals surface area contributed by atoms with Gasteiger partial charge in [-0.2, -0.15) is 9.97 Å². The second kappa shape index (κ2) is 6.33. The van der Waals surface area contributed by atoms with Gasteiger partial charge in [0.25, 0.3) is 5.91 Å². The van der Waals surface area contributed by atoms with Gasteiger partial charge in [-0.15, -0.1) is 0 Å². The summed E-state index contributed by atoms with van der Waals surface area (Å²) < 4.78 is 5.42. The van der Waals surface area contributed by atoms with E-state index in [0.29, 0.717) is 0 Å². The molecule has 0 atom stereocenters. The van der Waals surface area contributed by atoms with Crippen molar-refractivity contribution in [1.82, 2.24) is 20.3 Å². The summed E-state index contributed by atoms with van der Waals surface area (Å²) in [6, 6.07) is 6.45. The number of imide groups is 1. The van der Waals surface area contributed by atoms with Crippen molar-refractivity contribution < 1.29 is 14.3 Å². The Balaban J connectivity index is 2.26. The van der Waals surface area contributed by atoms with Crippen LogP contribution < -0.4 is 10.1 Å². The van der Waals surface area contributed by atoms with Crippen LogP contribution >= 0.6 is 0 Å². The highest BCUT2D eigenvalue weighted by molar-refractivity contribution is 6.46. The highest BCUT2D eigenvalue weighted by atomic mass is 16.5. The third kappa shape index (κ3) is 3.66. The Morgan fingerprint density at radius 2 is 1.86 bits per heavy atom. The number of ether oxygens (including phenoxy) is 1. The SMILES string of the molecule is CC(=O)NC(=O)C(=N)c1ccccc1Oc1ncncn1. The van der Waals surface area contributed by atoms with Crippen molar-refractivity contribution in [3.63, 3.8) is 0 Å². The molecule has 2 aromatic rings. The lowest BCUT2D eigenvalue weighted by molar-refractivity contribution is -0.125. The smallest absolute Gasteiger partial charge is 0.324 e. The minimum atomic E-state index is -0.811. The number of nitrogens with one attached hydrogen (secondary N) is 2. The summed E-state index contributed by atoms with van der Waals surface area (Å²) in [4.78, 5) is 33.8. The van der Waals surface area contributed by atoms with Crippen molar-refractivity contribution in [2.75, 3.05) is 0 Å². The van der Waals surface area contributed by atoms with Gasteiger partial charge in [0.2, 0.25) is 5.91 Å². The lowest BCUT2D eigenvalue weighted by Gasteiger charge is -2.09. The van der Waals surface area contributed by atoms with E-state index >= 15 is 0 Å². The van der Waals surface area contributed by atoms with E-state index in [2.05, 4.69) is 15.0 Å². The third-order valence-electron chi connectivity index (χ3n) is 2.34. The summed E-state index contributed by atoms with van der Waals surface area (Å²) in [5, 5.41) is 9.87. The maximum atomic E-state index is 11.7. The summed E-state index contributed by atoms with van der Waals surface area (Å²) in [5.74, 6) is -1.12. The molecule has 21 heavy (non-hydrogen) atoms. The molecule has 8 heteroatoms. The Hall–Kier alpha value is -3.16. The summed E-state index contributed by atoms with van der Waals surface area (Å²) in [6.45, 7) is 1.19. The molecule has 1 heterocycles. The Morgan fingerprint density at radius 3 is 2.52 bits per heavy atom. The number of carbonyl (C=O) groups excluding carboxylic acids is 2. The van der Waals surface area contributed by atoms with Gasteiger partial charge >= 0.3 is 6.01 Å². The van der Waals surface area contributed by atoms with Crippen LogP contribution in [0.3, 0.4) is 0 Å². The Labute approximate surface area is 119 Å². The molecule has 1 aromatic carbocycles. The van der Waals surface area contributed by atoms with E-state index in [9.17, 15) is 9.59 Å². The molecule has 0 fully saturated rings. The number of hydrogen-bond acceptors (Lipinski definition) is 7. The average Bonchev–Trinajstić information content (AvgIpc) is 2.47. The van der Waals surface area contributed by atoms with Crippen LogP contribution in [-0.2, 0) is 9.59 Å². The maximum Gasteiger partial charge on any atom is 0.324 e. The molecule has 0 spiro atoms. The first-order valence-corrected chi connectivity index (χ1v) is 5.87. The summed E-state index contributed by atoms with van der Waals surface area (Å²) in [6.07, 6.45) is 2.53. The predicted octanol–water partition coefficient (Wildman–Crippen LogP) is 0.694. The van der Waals surface area contributed by atoms with Gasteiger partial charge in [-0.1, -0.05) is 12.1 Å². The van der Waals surface area contributed by atoms with Gasteiger partial charge in [0, 0.05) is 12.5 Å².